The van der Waals surface area contributed by atoms with Gasteiger partial charge >= 0.3 is 0 Å². The topological polar surface area (TPSA) is 38.0 Å². The van der Waals surface area contributed by atoms with Crippen molar-refractivity contribution >= 4 is 0 Å². The van der Waals surface area contributed by atoms with Crippen LogP contribution in [-0.2, 0) is 0 Å². The predicted octanol–water partition coefficient (Wildman–Crippen LogP) is 2.59. The van der Waals surface area contributed by atoms with E-state index in [-0.39, 0.29) is 0 Å². The van der Waals surface area contributed by atoms with Crippen molar-refractivity contribution < 1.29 is 0 Å². The lowest BCUT2D eigenvalue weighted by Crippen LogP contribution is -2.36. The molecule has 0 heterocycles. The van der Waals surface area contributed by atoms with Crippen LogP contribution in [0, 0.1) is 11.8 Å². The first-order valence-electron chi connectivity index (χ1n) is 6.34. The highest BCUT2D eigenvalue weighted by Gasteiger charge is 2.24. The Balaban J connectivity index is 1.62. The highest BCUT2D eigenvalue weighted by Crippen LogP contribution is 2.35. The van der Waals surface area contributed by atoms with E-state index in [9.17, 15) is 0 Å². The number of hydrazine groups is 1. The molecule has 0 saturated heterocycles. The molecule has 14 heavy (non-hydrogen) atoms. The molecule has 0 radical (unpaired) electrons. The lowest BCUT2D eigenvalue weighted by Gasteiger charge is -2.19. The Morgan fingerprint density at radius 2 is 1.79 bits per heavy atom. The Morgan fingerprint density at radius 3 is 2.36 bits per heavy atom. The van der Waals surface area contributed by atoms with Crippen molar-refractivity contribution in [2.24, 2.45) is 17.7 Å². The summed E-state index contributed by atoms with van der Waals surface area (Å²) in [5.41, 5.74) is 3.01. The maximum Gasteiger partial charge on any atom is 0.0213 e. The van der Waals surface area contributed by atoms with Gasteiger partial charge in [-0.2, -0.15) is 0 Å². The van der Waals surface area contributed by atoms with Crippen molar-refractivity contribution in [2.45, 2.75) is 63.8 Å². The number of rotatable bonds is 6. The summed E-state index contributed by atoms with van der Waals surface area (Å²) < 4.78 is 0. The quantitative estimate of drug-likeness (QED) is 0.506. The third-order valence-electron chi connectivity index (χ3n) is 3.95. The largest absolute Gasteiger partial charge is 0.271 e. The summed E-state index contributed by atoms with van der Waals surface area (Å²) in [5.74, 6) is 7.63. The first kappa shape index (κ1) is 10.4. The molecule has 1 unspecified atom stereocenters. The molecule has 2 nitrogen and oxygen atoms in total. The number of nitrogens with one attached hydrogen (secondary N) is 1. The Labute approximate surface area is 87.6 Å². The molecule has 0 bridgehead atoms. The standard InChI is InChI=1S/C12H24N2/c13-14-12(8-7-10-5-6-10)9-11-3-1-2-4-11/h10-12,14H,1-9,13H2. The van der Waals surface area contributed by atoms with Crippen LogP contribution in [0.3, 0.4) is 0 Å². The first-order valence-corrected chi connectivity index (χ1v) is 6.34. The van der Waals surface area contributed by atoms with Gasteiger partial charge in [-0.3, -0.25) is 11.3 Å². The maximum absolute atomic E-state index is 5.61. The molecule has 0 aliphatic heterocycles. The molecule has 2 aliphatic rings. The molecule has 3 N–H and O–H groups in total. The lowest BCUT2D eigenvalue weighted by molar-refractivity contribution is 0.364. The van der Waals surface area contributed by atoms with Gasteiger partial charge in [-0.05, 0) is 31.1 Å². The van der Waals surface area contributed by atoms with Crippen LogP contribution in [0.25, 0.3) is 0 Å². The first-order chi connectivity index (χ1) is 6.88. The minimum Gasteiger partial charge on any atom is -0.271 e. The Kier molecular flexibility index (Phi) is 3.82. The van der Waals surface area contributed by atoms with E-state index in [0.29, 0.717) is 6.04 Å². The van der Waals surface area contributed by atoms with Gasteiger partial charge in [0.05, 0.1) is 0 Å². The van der Waals surface area contributed by atoms with Crippen LogP contribution < -0.4 is 11.3 Å². The molecule has 0 amide bonds. The molecule has 0 aromatic carbocycles. The SMILES string of the molecule is NNC(CCC1CC1)CC1CCCC1. The van der Waals surface area contributed by atoms with E-state index in [0.717, 1.165) is 11.8 Å². The number of nitrogens with two attached hydrogens (primary N) is 1. The van der Waals surface area contributed by atoms with Crippen molar-refractivity contribution in [3.8, 4) is 0 Å². The van der Waals surface area contributed by atoms with Gasteiger partial charge in [0, 0.05) is 6.04 Å². The fourth-order valence-corrected chi connectivity index (χ4v) is 2.76. The third kappa shape index (κ3) is 3.25. The minimum atomic E-state index is 0.596. The van der Waals surface area contributed by atoms with E-state index in [4.69, 9.17) is 5.84 Å². The lowest BCUT2D eigenvalue weighted by atomic mass is 9.95. The molecule has 2 rings (SSSR count). The van der Waals surface area contributed by atoms with E-state index >= 15 is 0 Å². The second-order valence-corrected chi connectivity index (χ2v) is 5.27. The summed E-state index contributed by atoms with van der Waals surface area (Å²) in [6, 6.07) is 0.596. The van der Waals surface area contributed by atoms with Crippen molar-refractivity contribution in [3.05, 3.63) is 0 Å². The van der Waals surface area contributed by atoms with Gasteiger partial charge in [0.15, 0.2) is 0 Å². The van der Waals surface area contributed by atoms with Crippen molar-refractivity contribution in [3.63, 3.8) is 0 Å². The van der Waals surface area contributed by atoms with Crippen molar-refractivity contribution in [1.29, 1.82) is 0 Å². The highest BCUT2D eigenvalue weighted by molar-refractivity contribution is 4.78. The Bertz CT molecular complexity index is 160. The molecule has 2 saturated carbocycles. The summed E-state index contributed by atoms with van der Waals surface area (Å²) in [5, 5.41) is 0. The Hall–Kier alpha value is -0.0800. The summed E-state index contributed by atoms with van der Waals surface area (Å²) in [7, 11) is 0. The molecule has 0 spiro atoms. The maximum atomic E-state index is 5.61. The minimum absolute atomic E-state index is 0.596. The van der Waals surface area contributed by atoms with Crippen LogP contribution in [0.2, 0.25) is 0 Å². The molecule has 2 fully saturated rings. The molecule has 0 aromatic heterocycles. The Morgan fingerprint density at radius 1 is 1.07 bits per heavy atom. The second kappa shape index (κ2) is 5.13. The van der Waals surface area contributed by atoms with E-state index in [1.807, 2.05) is 0 Å². The molecule has 2 aliphatic carbocycles. The summed E-state index contributed by atoms with van der Waals surface area (Å²) in [6.07, 6.45) is 12.8. The van der Waals surface area contributed by atoms with Gasteiger partial charge in [0.2, 0.25) is 0 Å². The molecule has 82 valence electrons. The van der Waals surface area contributed by atoms with Gasteiger partial charge in [-0.25, -0.2) is 0 Å². The smallest absolute Gasteiger partial charge is 0.0213 e. The van der Waals surface area contributed by atoms with Crippen LogP contribution in [0.4, 0.5) is 0 Å². The van der Waals surface area contributed by atoms with Crippen LogP contribution in [0.1, 0.15) is 57.8 Å². The van der Waals surface area contributed by atoms with Crippen LogP contribution in [0.15, 0.2) is 0 Å². The van der Waals surface area contributed by atoms with Crippen molar-refractivity contribution in [1.82, 2.24) is 5.43 Å². The molecule has 1 atom stereocenters. The van der Waals surface area contributed by atoms with E-state index < -0.39 is 0 Å². The summed E-state index contributed by atoms with van der Waals surface area (Å²) >= 11 is 0. The zero-order valence-electron chi connectivity index (χ0n) is 9.17. The number of hydrogen-bond acceptors (Lipinski definition) is 2. The van der Waals surface area contributed by atoms with E-state index in [1.165, 1.54) is 57.8 Å². The second-order valence-electron chi connectivity index (χ2n) is 5.27. The van der Waals surface area contributed by atoms with Crippen LogP contribution in [0.5, 0.6) is 0 Å². The average Bonchev–Trinajstić information content (AvgIpc) is 2.90. The molecule has 0 aromatic rings. The zero-order chi connectivity index (χ0) is 9.80. The van der Waals surface area contributed by atoms with E-state index in [2.05, 4.69) is 5.43 Å². The van der Waals surface area contributed by atoms with Gasteiger partial charge < -0.3 is 0 Å². The summed E-state index contributed by atoms with van der Waals surface area (Å²) in [4.78, 5) is 0. The van der Waals surface area contributed by atoms with Gasteiger partial charge in [0.25, 0.3) is 0 Å². The monoisotopic (exact) mass is 196 g/mol. The zero-order valence-corrected chi connectivity index (χ0v) is 9.17. The van der Waals surface area contributed by atoms with Gasteiger partial charge in [-0.1, -0.05) is 38.5 Å². The predicted molar refractivity (Wildman–Crippen MR) is 59.6 cm³/mol. The highest BCUT2D eigenvalue weighted by atomic mass is 15.2. The van der Waals surface area contributed by atoms with Crippen molar-refractivity contribution in [2.75, 3.05) is 0 Å². The van der Waals surface area contributed by atoms with E-state index in [1.54, 1.807) is 0 Å². The number of hydrogen-bond donors (Lipinski definition) is 2. The third-order valence-corrected chi connectivity index (χ3v) is 3.95. The summed E-state index contributed by atoms with van der Waals surface area (Å²) in [6.45, 7) is 0. The molecule has 2 heteroatoms. The normalized spacial score (nSPS) is 25.5. The fourth-order valence-electron chi connectivity index (χ4n) is 2.76. The average molecular weight is 196 g/mol. The van der Waals surface area contributed by atoms with Gasteiger partial charge in [-0.15, -0.1) is 0 Å². The van der Waals surface area contributed by atoms with Gasteiger partial charge in [0.1, 0.15) is 0 Å². The molecular weight excluding hydrogens is 172 g/mol. The van der Waals surface area contributed by atoms with Crippen LogP contribution >= 0.6 is 0 Å². The molecular formula is C12H24N2. The van der Waals surface area contributed by atoms with Crippen LogP contribution in [-0.4, -0.2) is 6.04 Å². The fraction of sp³-hybridized carbons (Fsp3) is 1.00.